The Labute approximate surface area is 81.3 Å². The van der Waals surface area contributed by atoms with Crippen LogP contribution < -0.4 is 5.46 Å². The van der Waals surface area contributed by atoms with E-state index < -0.39 is 7.12 Å². The van der Waals surface area contributed by atoms with Crippen LogP contribution in [0.15, 0.2) is 24.3 Å². The maximum absolute atomic E-state index is 10.1. The predicted molar refractivity (Wildman–Crippen MR) is 49.7 cm³/mol. The van der Waals surface area contributed by atoms with Crippen molar-refractivity contribution in [1.82, 2.24) is 5.06 Å². The molecule has 14 heavy (non-hydrogen) atoms. The van der Waals surface area contributed by atoms with E-state index in [9.17, 15) is 4.79 Å². The number of hydrogen-bond acceptors (Lipinski definition) is 4. The fraction of sp³-hybridized carbons (Fsp3) is 0.125. The molecule has 1 aromatic carbocycles. The molecule has 5 nitrogen and oxygen atoms in total. The van der Waals surface area contributed by atoms with Gasteiger partial charge in [0.05, 0.1) is 6.54 Å². The molecule has 0 aliphatic carbocycles. The molecule has 0 radical (unpaired) electrons. The molecule has 6 heteroatoms. The lowest BCUT2D eigenvalue weighted by atomic mass is 9.80. The molecule has 0 aromatic heterocycles. The first-order valence-corrected chi connectivity index (χ1v) is 3.99. The minimum absolute atomic E-state index is 0.0747. The highest BCUT2D eigenvalue weighted by molar-refractivity contribution is 6.58. The molecule has 0 saturated heterocycles. The fourth-order valence-corrected chi connectivity index (χ4v) is 1.02. The molecule has 3 N–H and O–H groups in total. The van der Waals surface area contributed by atoms with Gasteiger partial charge in [-0.1, -0.05) is 24.3 Å². The van der Waals surface area contributed by atoms with Crippen LogP contribution in [0.25, 0.3) is 0 Å². The van der Waals surface area contributed by atoms with E-state index >= 15 is 0 Å². The summed E-state index contributed by atoms with van der Waals surface area (Å²) in [7, 11) is -1.50. The molecule has 1 rings (SSSR count). The molecule has 0 aliphatic heterocycles. The Kier molecular flexibility index (Phi) is 3.64. The molecule has 0 saturated carbocycles. The minimum Gasteiger partial charge on any atom is -0.423 e. The highest BCUT2D eigenvalue weighted by Crippen LogP contribution is 1.99. The van der Waals surface area contributed by atoms with Gasteiger partial charge in [0.1, 0.15) is 0 Å². The average Bonchev–Trinajstić information content (AvgIpc) is 2.18. The van der Waals surface area contributed by atoms with E-state index in [0.29, 0.717) is 22.5 Å². The zero-order chi connectivity index (χ0) is 10.6. The lowest BCUT2D eigenvalue weighted by Crippen LogP contribution is -2.29. The van der Waals surface area contributed by atoms with E-state index in [4.69, 9.17) is 15.3 Å². The Balaban J connectivity index is 2.68. The zero-order valence-corrected chi connectivity index (χ0v) is 7.37. The monoisotopic (exact) mass is 195 g/mol. The van der Waals surface area contributed by atoms with E-state index in [-0.39, 0.29) is 6.54 Å². The maximum atomic E-state index is 10.1. The van der Waals surface area contributed by atoms with Gasteiger partial charge < -0.3 is 10.0 Å². The van der Waals surface area contributed by atoms with E-state index in [1.807, 2.05) is 0 Å². The van der Waals surface area contributed by atoms with Gasteiger partial charge in [0, 0.05) is 0 Å². The van der Waals surface area contributed by atoms with Crippen LogP contribution in [0, 0.1) is 0 Å². The van der Waals surface area contributed by atoms with Gasteiger partial charge in [-0.2, -0.15) is 0 Å². The third-order valence-electron chi connectivity index (χ3n) is 1.74. The largest absolute Gasteiger partial charge is 0.488 e. The smallest absolute Gasteiger partial charge is 0.423 e. The van der Waals surface area contributed by atoms with E-state index in [0.717, 1.165) is 0 Å². The van der Waals surface area contributed by atoms with Gasteiger partial charge in [-0.3, -0.25) is 10.0 Å². The molecule has 1 aromatic rings. The second-order valence-corrected chi connectivity index (χ2v) is 2.82. The first kappa shape index (κ1) is 10.7. The second kappa shape index (κ2) is 4.76. The Morgan fingerprint density at radius 1 is 1.29 bits per heavy atom. The summed E-state index contributed by atoms with van der Waals surface area (Å²) in [4.78, 5) is 10.1. The lowest BCUT2D eigenvalue weighted by molar-refractivity contribution is -0.152. The molecular weight excluding hydrogens is 185 g/mol. The zero-order valence-electron chi connectivity index (χ0n) is 7.37. The highest BCUT2D eigenvalue weighted by Gasteiger charge is 2.09. The number of carbonyl (C=O) groups excluding carboxylic acids is 1. The van der Waals surface area contributed by atoms with Gasteiger partial charge >= 0.3 is 7.12 Å². The van der Waals surface area contributed by atoms with Crippen LogP contribution in [0.5, 0.6) is 0 Å². The van der Waals surface area contributed by atoms with Crippen molar-refractivity contribution in [2.45, 2.75) is 6.54 Å². The Morgan fingerprint density at radius 3 is 2.29 bits per heavy atom. The van der Waals surface area contributed by atoms with Gasteiger partial charge in [-0.25, -0.2) is 5.06 Å². The predicted octanol–water partition coefficient (Wildman–Crippen LogP) is -1.29. The quantitative estimate of drug-likeness (QED) is 0.242. The maximum Gasteiger partial charge on any atom is 0.488 e. The standard InChI is InChI=1S/C8H10BNO4/c11-6-10(14)5-7-1-3-8(4-2-7)9(12)13/h1-4,6,12-14H,5H2. The van der Waals surface area contributed by atoms with Crippen molar-refractivity contribution in [3.05, 3.63) is 29.8 Å². The van der Waals surface area contributed by atoms with Crippen LogP contribution in [0.3, 0.4) is 0 Å². The molecule has 0 bridgehead atoms. The Morgan fingerprint density at radius 2 is 1.86 bits per heavy atom. The van der Waals surface area contributed by atoms with E-state index in [1.54, 1.807) is 12.1 Å². The van der Waals surface area contributed by atoms with E-state index in [2.05, 4.69) is 0 Å². The van der Waals surface area contributed by atoms with Crippen molar-refractivity contribution in [1.29, 1.82) is 0 Å². The Hall–Kier alpha value is -1.37. The van der Waals surface area contributed by atoms with E-state index in [1.165, 1.54) is 12.1 Å². The van der Waals surface area contributed by atoms with Crippen LogP contribution in [0.4, 0.5) is 0 Å². The molecule has 0 fully saturated rings. The van der Waals surface area contributed by atoms with Crippen LogP contribution in [0.1, 0.15) is 5.56 Å². The summed E-state index contributed by atoms with van der Waals surface area (Å²) in [6.45, 7) is 0.0747. The number of hydroxylamine groups is 2. The summed E-state index contributed by atoms with van der Waals surface area (Å²) < 4.78 is 0. The first-order chi connectivity index (χ1) is 6.63. The van der Waals surface area contributed by atoms with Gasteiger partial charge in [-0.15, -0.1) is 0 Å². The molecule has 0 atom stereocenters. The third kappa shape index (κ3) is 2.84. The first-order valence-electron chi connectivity index (χ1n) is 3.99. The summed E-state index contributed by atoms with van der Waals surface area (Å²) in [6.07, 6.45) is 0.300. The fourth-order valence-electron chi connectivity index (χ4n) is 1.02. The van der Waals surface area contributed by atoms with Gasteiger partial charge in [-0.05, 0) is 11.0 Å². The minimum atomic E-state index is -1.50. The molecule has 74 valence electrons. The van der Waals surface area contributed by atoms with Crippen molar-refractivity contribution < 1.29 is 20.0 Å². The van der Waals surface area contributed by atoms with Gasteiger partial charge in [0.2, 0.25) is 6.41 Å². The van der Waals surface area contributed by atoms with Crippen molar-refractivity contribution in [3.63, 3.8) is 0 Å². The topological polar surface area (TPSA) is 81.0 Å². The number of benzene rings is 1. The van der Waals surface area contributed by atoms with Crippen molar-refractivity contribution >= 4 is 19.0 Å². The summed E-state index contributed by atoms with van der Waals surface area (Å²) >= 11 is 0. The molecular formula is C8H10BNO4. The summed E-state index contributed by atoms with van der Waals surface area (Å²) in [5.74, 6) is 0. The number of amides is 1. The average molecular weight is 195 g/mol. The van der Waals surface area contributed by atoms with Crippen LogP contribution in [0.2, 0.25) is 0 Å². The second-order valence-electron chi connectivity index (χ2n) is 2.82. The van der Waals surface area contributed by atoms with Crippen LogP contribution >= 0.6 is 0 Å². The molecule has 0 heterocycles. The third-order valence-corrected chi connectivity index (χ3v) is 1.74. The van der Waals surface area contributed by atoms with Gasteiger partial charge in [0.25, 0.3) is 0 Å². The van der Waals surface area contributed by atoms with Gasteiger partial charge in [0.15, 0.2) is 0 Å². The highest BCUT2D eigenvalue weighted by atomic mass is 16.5. The molecule has 0 spiro atoms. The number of nitrogens with zero attached hydrogens (tertiary/aromatic N) is 1. The number of carbonyl (C=O) groups is 1. The van der Waals surface area contributed by atoms with Crippen LogP contribution in [-0.4, -0.2) is 33.8 Å². The lowest BCUT2D eigenvalue weighted by Gasteiger charge is -2.08. The van der Waals surface area contributed by atoms with Crippen molar-refractivity contribution in [2.75, 3.05) is 0 Å². The summed E-state index contributed by atoms with van der Waals surface area (Å²) in [5.41, 5.74) is 1.06. The number of rotatable bonds is 4. The molecule has 0 unspecified atom stereocenters. The number of hydrogen-bond donors (Lipinski definition) is 3. The SMILES string of the molecule is O=CN(O)Cc1ccc(B(O)O)cc1. The van der Waals surface area contributed by atoms with Crippen molar-refractivity contribution in [3.8, 4) is 0 Å². The Bertz CT molecular complexity index is 301. The van der Waals surface area contributed by atoms with Crippen LogP contribution in [-0.2, 0) is 11.3 Å². The normalized spacial score (nSPS) is 9.64. The summed E-state index contributed by atoms with van der Waals surface area (Å²) in [6, 6.07) is 6.22. The molecule has 0 aliphatic rings. The van der Waals surface area contributed by atoms with Crippen molar-refractivity contribution in [2.24, 2.45) is 0 Å². The summed E-state index contributed by atoms with van der Waals surface area (Å²) in [5, 5.41) is 26.9. The molecule has 1 amide bonds.